The van der Waals surface area contributed by atoms with Gasteiger partial charge in [-0.05, 0) is 12.8 Å². The minimum absolute atomic E-state index is 0.147. The van der Waals surface area contributed by atoms with Gasteiger partial charge in [0, 0.05) is 28.3 Å². The fourth-order valence-electron chi connectivity index (χ4n) is 1.29. The van der Waals surface area contributed by atoms with Crippen molar-refractivity contribution in [3.8, 4) is 6.07 Å². The van der Waals surface area contributed by atoms with Gasteiger partial charge in [-0.2, -0.15) is 5.26 Å². The Morgan fingerprint density at radius 3 is 2.50 bits per heavy atom. The van der Waals surface area contributed by atoms with Crippen LogP contribution in [0.3, 0.4) is 0 Å². The SMILES string of the molecule is N#CCS(=O)(=O)NC1CCS(=O)CC1. The van der Waals surface area contributed by atoms with Crippen molar-refractivity contribution in [2.75, 3.05) is 17.3 Å². The summed E-state index contributed by atoms with van der Waals surface area (Å²) >= 11 is 0. The predicted molar refractivity (Wildman–Crippen MR) is 53.4 cm³/mol. The second-order valence-corrected chi connectivity index (χ2v) is 6.61. The van der Waals surface area contributed by atoms with E-state index in [4.69, 9.17) is 5.26 Å². The second-order valence-electron chi connectivity index (χ2n) is 3.16. The molecule has 14 heavy (non-hydrogen) atoms. The topological polar surface area (TPSA) is 87.0 Å². The number of nitrogens with one attached hydrogen (secondary N) is 1. The van der Waals surface area contributed by atoms with Crippen molar-refractivity contribution in [2.24, 2.45) is 0 Å². The second kappa shape index (κ2) is 4.87. The van der Waals surface area contributed by atoms with Crippen LogP contribution < -0.4 is 4.72 Å². The Morgan fingerprint density at radius 2 is 2.00 bits per heavy atom. The van der Waals surface area contributed by atoms with Crippen molar-refractivity contribution >= 4 is 20.8 Å². The van der Waals surface area contributed by atoms with Crippen LogP contribution in [0.5, 0.6) is 0 Å². The van der Waals surface area contributed by atoms with E-state index < -0.39 is 26.6 Å². The lowest BCUT2D eigenvalue weighted by Crippen LogP contribution is -2.40. The van der Waals surface area contributed by atoms with Crippen LogP contribution in [0.15, 0.2) is 0 Å². The molecular formula is C7H12N2O3S2. The zero-order valence-corrected chi connectivity index (χ0v) is 9.23. The molecule has 0 aromatic heterocycles. The zero-order chi connectivity index (χ0) is 10.6. The molecule has 0 spiro atoms. The zero-order valence-electron chi connectivity index (χ0n) is 7.60. The molecule has 0 atom stereocenters. The molecule has 5 nitrogen and oxygen atoms in total. The third-order valence-corrected chi connectivity index (χ3v) is 4.57. The minimum atomic E-state index is -3.46. The van der Waals surface area contributed by atoms with Gasteiger partial charge in [0.2, 0.25) is 10.0 Å². The van der Waals surface area contributed by atoms with E-state index in [1.165, 1.54) is 0 Å². The predicted octanol–water partition coefficient (Wildman–Crippen LogP) is -0.660. The highest BCUT2D eigenvalue weighted by molar-refractivity contribution is 7.89. The molecule has 0 radical (unpaired) electrons. The summed E-state index contributed by atoms with van der Waals surface area (Å²) in [5.74, 6) is 0.575. The molecule has 0 unspecified atom stereocenters. The highest BCUT2D eigenvalue weighted by Gasteiger charge is 2.22. The monoisotopic (exact) mass is 236 g/mol. The summed E-state index contributed by atoms with van der Waals surface area (Å²) in [5, 5.41) is 8.26. The summed E-state index contributed by atoms with van der Waals surface area (Å²) in [4.78, 5) is 0. The van der Waals surface area contributed by atoms with Crippen molar-refractivity contribution in [1.82, 2.24) is 4.72 Å². The molecule has 0 aromatic rings. The Bertz CT molecular complexity index is 348. The van der Waals surface area contributed by atoms with Crippen LogP contribution in [-0.4, -0.2) is 35.9 Å². The molecule has 1 aliphatic rings. The summed E-state index contributed by atoms with van der Waals surface area (Å²) in [5.41, 5.74) is 0. The first kappa shape index (κ1) is 11.6. The minimum Gasteiger partial charge on any atom is -0.260 e. The van der Waals surface area contributed by atoms with Crippen LogP contribution in [-0.2, 0) is 20.8 Å². The molecule has 1 saturated heterocycles. The van der Waals surface area contributed by atoms with Crippen LogP contribution in [0.4, 0.5) is 0 Å². The Hall–Kier alpha value is -0.450. The first-order chi connectivity index (χ1) is 6.53. The average molecular weight is 236 g/mol. The van der Waals surface area contributed by atoms with Gasteiger partial charge in [-0.1, -0.05) is 0 Å². The maximum absolute atomic E-state index is 11.2. The lowest BCUT2D eigenvalue weighted by Gasteiger charge is -2.21. The number of sulfonamides is 1. The smallest absolute Gasteiger partial charge is 0.225 e. The van der Waals surface area contributed by atoms with E-state index in [0.717, 1.165) is 0 Å². The fourth-order valence-corrected chi connectivity index (χ4v) is 3.59. The summed E-state index contributed by atoms with van der Waals surface area (Å²) < 4.78 is 35.8. The largest absolute Gasteiger partial charge is 0.260 e. The molecule has 0 saturated carbocycles. The molecule has 0 aromatic carbocycles. The lowest BCUT2D eigenvalue weighted by atomic mass is 10.2. The average Bonchev–Trinajstić information content (AvgIpc) is 2.08. The molecular weight excluding hydrogens is 224 g/mol. The van der Waals surface area contributed by atoms with Gasteiger partial charge >= 0.3 is 0 Å². The quantitative estimate of drug-likeness (QED) is 0.704. The first-order valence-corrected chi connectivity index (χ1v) is 7.39. The van der Waals surface area contributed by atoms with E-state index in [9.17, 15) is 12.6 Å². The van der Waals surface area contributed by atoms with Gasteiger partial charge in [-0.15, -0.1) is 0 Å². The van der Waals surface area contributed by atoms with Crippen LogP contribution in [0.25, 0.3) is 0 Å². The number of hydrogen-bond acceptors (Lipinski definition) is 4. The van der Waals surface area contributed by atoms with Gasteiger partial charge in [0.05, 0.1) is 6.07 Å². The van der Waals surface area contributed by atoms with Crippen molar-refractivity contribution in [2.45, 2.75) is 18.9 Å². The van der Waals surface area contributed by atoms with E-state index in [2.05, 4.69) is 4.72 Å². The molecule has 1 heterocycles. The maximum Gasteiger partial charge on any atom is 0.225 e. The van der Waals surface area contributed by atoms with Gasteiger partial charge in [-0.3, -0.25) is 4.21 Å². The Morgan fingerprint density at radius 1 is 1.43 bits per heavy atom. The van der Waals surface area contributed by atoms with Crippen LogP contribution in [0.2, 0.25) is 0 Å². The number of hydrogen-bond donors (Lipinski definition) is 1. The van der Waals surface area contributed by atoms with Crippen LogP contribution in [0, 0.1) is 11.3 Å². The fraction of sp³-hybridized carbons (Fsp3) is 0.857. The van der Waals surface area contributed by atoms with Gasteiger partial charge in [0.1, 0.15) is 0 Å². The normalized spacial score (nSPS) is 28.2. The highest BCUT2D eigenvalue weighted by Crippen LogP contribution is 2.10. The van der Waals surface area contributed by atoms with E-state index in [1.807, 2.05) is 0 Å². The third-order valence-electron chi connectivity index (χ3n) is 1.99. The number of rotatable bonds is 3. The lowest BCUT2D eigenvalue weighted by molar-refractivity contribution is 0.524. The summed E-state index contributed by atoms with van der Waals surface area (Å²) in [6.07, 6.45) is 1.19. The van der Waals surface area contributed by atoms with Crippen molar-refractivity contribution in [1.29, 1.82) is 5.26 Å². The molecule has 1 aliphatic heterocycles. The number of nitrogens with zero attached hydrogens (tertiary/aromatic N) is 1. The van der Waals surface area contributed by atoms with Crippen molar-refractivity contribution < 1.29 is 12.6 Å². The van der Waals surface area contributed by atoms with Gasteiger partial charge < -0.3 is 0 Å². The number of nitriles is 1. The van der Waals surface area contributed by atoms with Gasteiger partial charge in [0.25, 0.3) is 0 Å². The third kappa shape index (κ3) is 3.74. The van der Waals surface area contributed by atoms with Gasteiger partial charge in [0.15, 0.2) is 5.75 Å². The Kier molecular flexibility index (Phi) is 4.04. The molecule has 0 aliphatic carbocycles. The standard InChI is InChI=1S/C7H12N2O3S2/c8-3-6-14(11,12)9-7-1-4-13(10)5-2-7/h7,9H,1-2,4-6H2. The molecule has 0 amide bonds. The Balaban J connectivity index is 2.46. The summed E-state index contributed by atoms with van der Waals surface area (Å²) in [6, 6.07) is 1.45. The molecule has 7 heteroatoms. The molecule has 1 fully saturated rings. The van der Waals surface area contributed by atoms with Crippen molar-refractivity contribution in [3.63, 3.8) is 0 Å². The Labute approximate surface area is 86.0 Å². The van der Waals surface area contributed by atoms with Gasteiger partial charge in [-0.25, -0.2) is 13.1 Å². The molecule has 1 rings (SSSR count). The van der Waals surface area contributed by atoms with Crippen molar-refractivity contribution in [3.05, 3.63) is 0 Å². The van der Waals surface area contributed by atoms with E-state index in [-0.39, 0.29) is 6.04 Å². The van der Waals surface area contributed by atoms with E-state index in [0.29, 0.717) is 24.3 Å². The maximum atomic E-state index is 11.2. The summed E-state index contributed by atoms with van der Waals surface area (Å²) in [7, 11) is -4.25. The van der Waals surface area contributed by atoms with E-state index in [1.54, 1.807) is 6.07 Å². The van der Waals surface area contributed by atoms with Crippen LogP contribution >= 0.6 is 0 Å². The molecule has 80 valence electrons. The van der Waals surface area contributed by atoms with Crippen LogP contribution in [0.1, 0.15) is 12.8 Å². The molecule has 1 N–H and O–H groups in total. The molecule has 0 bridgehead atoms. The summed E-state index contributed by atoms with van der Waals surface area (Å²) in [6.45, 7) is 0. The van der Waals surface area contributed by atoms with E-state index >= 15 is 0 Å². The first-order valence-electron chi connectivity index (χ1n) is 4.25. The highest BCUT2D eigenvalue weighted by atomic mass is 32.2.